The summed E-state index contributed by atoms with van der Waals surface area (Å²) in [5, 5.41) is 10.1. The standard InChI is InChI=1S/C8H7NO5/c1-6(9(11)12)8(10)14-5-7-3-2-4-13-7/h2-4H,1,5H2. The molecule has 0 spiro atoms. The second-order valence-electron chi connectivity index (χ2n) is 2.36. The van der Waals surface area contributed by atoms with Gasteiger partial charge in [-0.3, -0.25) is 10.1 Å². The lowest BCUT2D eigenvalue weighted by atomic mass is 10.5. The van der Waals surface area contributed by atoms with Crippen molar-refractivity contribution in [1.29, 1.82) is 0 Å². The molecule has 0 aliphatic heterocycles. The first kappa shape index (κ1) is 9.97. The summed E-state index contributed by atoms with van der Waals surface area (Å²) >= 11 is 0. The Morgan fingerprint density at radius 2 is 2.43 bits per heavy atom. The highest BCUT2D eigenvalue weighted by atomic mass is 16.6. The maximum atomic E-state index is 10.9. The Kier molecular flexibility index (Phi) is 3.01. The van der Waals surface area contributed by atoms with Crippen LogP contribution >= 0.6 is 0 Å². The Bertz CT molecular complexity index is 354. The van der Waals surface area contributed by atoms with Crippen LogP contribution < -0.4 is 0 Å². The van der Waals surface area contributed by atoms with Crippen molar-refractivity contribution >= 4 is 5.97 Å². The first-order valence-electron chi connectivity index (χ1n) is 3.64. The quantitative estimate of drug-likeness (QED) is 0.312. The Morgan fingerprint density at radius 1 is 1.71 bits per heavy atom. The van der Waals surface area contributed by atoms with Gasteiger partial charge in [-0.15, -0.1) is 0 Å². The van der Waals surface area contributed by atoms with Crippen LogP contribution in [0.3, 0.4) is 0 Å². The minimum absolute atomic E-state index is 0.140. The molecule has 0 aliphatic carbocycles. The van der Waals surface area contributed by atoms with E-state index in [1.54, 1.807) is 12.1 Å². The highest BCUT2D eigenvalue weighted by Gasteiger charge is 2.20. The molecule has 1 aromatic heterocycles. The summed E-state index contributed by atoms with van der Waals surface area (Å²) in [5.74, 6) is -0.652. The molecule has 0 aliphatic rings. The highest BCUT2D eigenvalue weighted by molar-refractivity contribution is 5.84. The predicted octanol–water partition coefficient (Wildman–Crippen LogP) is 1.11. The van der Waals surface area contributed by atoms with E-state index in [0.717, 1.165) is 0 Å². The first-order valence-corrected chi connectivity index (χ1v) is 3.64. The van der Waals surface area contributed by atoms with Crippen LogP contribution in [0.1, 0.15) is 5.76 Å². The first-order chi connectivity index (χ1) is 6.61. The lowest BCUT2D eigenvalue weighted by molar-refractivity contribution is -0.420. The van der Waals surface area contributed by atoms with Gasteiger partial charge in [0.05, 0.1) is 11.2 Å². The van der Waals surface area contributed by atoms with E-state index in [0.29, 0.717) is 5.76 Å². The molecular weight excluding hydrogens is 190 g/mol. The largest absolute Gasteiger partial charge is 0.466 e. The van der Waals surface area contributed by atoms with Crippen LogP contribution in [0.25, 0.3) is 0 Å². The summed E-state index contributed by atoms with van der Waals surface area (Å²) in [6.07, 6.45) is 1.41. The third-order valence-corrected chi connectivity index (χ3v) is 1.38. The number of esters is 1. The van der Waals surface area contributed by atoms with Crippen LogP contribution in [-0.4, -0.2) is 10.9 Å². The van der Waals surface area contributed by atoms with E-state index in [-0.39, 0.29) is 6.61 Å². The third kappa shape index (κ3) is 2.44. The van der Waals surface area contributed by atoms with Gasteiger partial charge in [-0.1, -0.05) is 0 Å². The molecule has 0 fully saturated rings. The zero-order valence-corrected chi connectivity index (χ0v) is 7.13. The summed E-state index contributed by atoms with van der Waals surface area (Å²) in [6.45, 7) is 2.81. The molecule has 0 radical (unpaired) electrons. The van der Waals surface area contributed by atoms with Crippen molar-refractivity contribution in [3.8, 4) is 0 Å². The molecular formula is C8H7NO5. The van der Waals surface area contributed by atoms with E-state index in [1.165, 1.54) is 6.26 Å². The molecule has 0 unspecified atom stereocenters. The molecule has 1 rings (SSSR count). The Balaban J connectivity index is 2.43. The Hall–Kier alpha value is -2.11. The molecule has 0 bridgehead atoms. The number of nitrogens with zero attached hydrogens (tertiary/aromatic N) is 1. The fourth-order valence-corrected chi connectivity index (χ4v) is 0.689. The van der Waals surface area contributed by atoms with Crippen molar-refractivity contribution in [3.63, 3.8) is 0 Å². The maximum Gasteiger partial charge on any atom is 0.409 e. The van der Waals surface area contributed by atoms with Gasteiger partial charge in [0.25, 0.3) is 0 Å². The van der Waals surface area contributed by atoms with E-state index < -0.39 is 16.6 Å². The minimum Gasteiger partial charge on any atom is -0.466 e. The number of hydrogen-bond donors (Lipinski definition) is 0. The Morgan fingerprint density at radius 3 is 2.93 bits per heavy atom. The van der Waals surface area contributed by atoms with Crippen molar-refractivity contribution in [2.45, 2.75) is 6.61 Å². The van der Waals surface area contributed by atoms with Crippen LogP contribution in [0, 0.1) is 10.1 Å². The molecule has 14 heavy (non-hydrogen) atoms. The van der Waals surface area contributed by atoms with E-state index in [9.17, 15) is 14.9 Å². The molecule has 0 saturated carbocycles. The van der Waals surface area contributed by atoms with Gasteiger partial charge in [-0.2, -0.15) is 0 Å². The van der Waals surface area contributed by atoms with Gasteiger partial charge >= 0.3 is 11.7 Å². The summed E-state index contributed by atoms with van der Waals surface area (Å²) in [6, 6.07) is 3.20. The highest BCUT2D eigenvalue weighted by Crippen LogP contribution is 2.04. The van der Waals surface area contributed by atoms with Gasteiger partial charge in [0, 0.05) is 0 Å². The monoisotopic (exact) mass is 197 g/mol. The molecule has 6 nitrogen and oxygen atoms in total. The number of furan rings is 1. The smallest absolute Gasteiger partial charge is 0.409 e. The van der Waals surface area contributed by atoms with Crippen LogP contribution in [0.15, 0.2) is 35.1 Å². The molecule has 0 N–H and O–H groups in total. The topological polar surface area (TPSA) is 82.6 Å². The number of hydrogen-bond acceptors (Lipinski definition) is 5. The lowest BCUT2D eigenvalue weighted by Gasteiger charge is -1.98. The zero-order chi connectivity index (χ0) is 10.6. The molecule has 1 heterocycles. The maximum absolute atomic E-state index is 10.9. The van der Waals surface area contributed by atoms with E-state index in [4.69, 9.17) is 4.42 Å². The lowest BCUT2D eigenvalue weighted by Crippen LogP contribution is -2.13. The van der Waals surface area contributed by atoms with Gasteiger partial charge < -0.3 is 9.15 Å². The van der Waals surface area contributed by atoms with Gasteiger partial charge in [0.2, 0.25) is 0 Å². The number of rotatable bonds is 4. The minimum atomic E-state index is -1.06. The summed E-state index contributed by atoms with van der Waals surface area (Å²) < 4.78 is 9.38. The summed E-state index contributed by atoms with van der Waals surface area (Å²) in [5.41, 5.74) is -0.795. The van der Waals surface area contributed by atoms with Gasteiger partial charge in [0.15, 0.2) is 0 Å². The molecule has 74 valence electrons. The number of carbonyl (C=O) groups excluding carboxylic acids is 1. The fraction of sp³-hybridized carbons (Fsp3) is 0.125. The molecule has 6 heteroatoms. The van der Waals surface area contributed by atoms with Crippen molar-refractivity contribution in [1.82, 2.24) is 0 Å². The van der Waals surface area contributed by atoms with Crippen LogP contribution in [0.4, 0.5) is 0 Å². The SMILES string of the molecule is C=C(C(=O)OCc1ccco1)[N+](=O)[O-]. The van der Waals surface area contributed by atoms with Crippen molar-refractivity contribution < 1.29 is 18.9 Å². The van der Waals surface area contributed by atoms with Gasteiger partial charge in [-0.05, 0) is 18.7 Å². The van der Waals surface area contributed by atoms with Gasteiger partial charge in [-0.25, -0.2) is 4.79 Å². The molecule has 1 aromatic rings. The normalized spacial score (nSPS) is 9.43. The van der Waals surface area contributed by atoms with Crippen molar-refractivity contribution in [3.05, 3.63) is 46.5 Å². The summed E-state index contributed by atoms with van der Waals surface area (Å²) in [4.78, 5) is 20.1. The number of carbonyl (C=O) groups is 1. The predicted molar refractivity (Wildman–Crippen MR) is 44.6 cm³/mol. The van der Waals surface area contributed by atoms with Crippen LogP contribution in [0.5, 0.6) is 0 Å². The molecule has 0 atom stereocenters. The zero-order valence-electron chi connectivity index (χ0n) is 7.13. The second-order valence-corrected chi connectivity index (χ2v) is 2.36. The number of ether oxygens (including phenoxy) is 1. The summed E-state index contributed by atoms with van der Waals surface area (Å²) in [7, 11) is 0. The van der Waals surface area contributed by atoms with Crippen LogP contribution in [-0.2, 0) is 16.1 Å². The van der Waals surface area contributed by atoms with E-state index in [1.807, 2.05) is 0 Å². The Labute approximate surface area is 78.9 Å². The van der Waals surface area contributed by atoms with Crippen molar-refractivity contribution in [2.75, 3.05) is 0 Å². The molecule has 0 aromatic carbocycles. The number of nitro groups is 1. The van der Waals surface area contributed by atoms with Crippen molar-refractivity contribution in [2.24, 2.45) is 0 Å². The molecule has 0 saturated heterocycles. The molecule has 0 amide bonds. The van der Waals surface area contributed by atoms with E-state index in [2.05, 4.69) is 11.3 Å². The van der Waals surface area contributed by atoms with E-state index >= 15 is 0 Å². The third-order valence-electron chi connectivity index (χ3n) is 1.38. The average Bonchev–Trinajstić information content (AvgIpc) is 2.65. The second kappa shape index (κ2) is 4.22. The van der Waals surface area contributed by atoms with Crippen LogP contribution in [0.2, 0.25) is 0 Å². The fourth-order valence-electron chi connectivity index (χ4n) is 0.689. The average molecular weight is 197 g/mol. The van der Waals surface area contributed by atoms with Gasteiger partial charge in [0.1, 0.15) is 12.4 Å².